The Labute approximate surface area is 159 Å². The molecule has 1 saturated heterocycles. The third kappa shape index (κ3) is 4.73. The average Bonchev–Trinajstić information content (AvgIpc) is 2.66. The fraction of sp³-hybridized carbons (Fsp3) is 0.364. The first-order valence-corrected chi connectivity index (χ1v) is 9.33. The Kier molecular flexibility index (Phi) is 5.89. The molecule has 1 aliphatic rings. The van der Waals surface area contributed by atoms with Gasteiger partial charge in [0, 0.05) is 24.7 Å². The minimum atomic E-state index is -0.353. The monoisotopic (exact) mass is 368 g/mol. The zero-order chi connectivity index (χ0) is 19.4. The van der Waals surface area contributed by atoms with E-state index in [2.05, 4.69) is 5.32 Å². The van der Waals surface area contributed by atoms with Crippen molar-refractivity contribution < 1.29 is 14.0 Å². The number of nitrogens with zero attached hydrogens (tertiary/aromatic N) is 1. The van der Waals surface area contributed by atoms with Gasteiger partial charge < -0.3 is 10.2 Å². The van der Waals surface area contributed by atoms with Gasteiger partial charge >= 0.3 is 0 Å². The van der Waals surface area contributed by atoms with Crippen molar-refractivity contribution in [3.8, 4) is 0 Å². The van der Waals surface area contributed by atoms with Crippen LogP contribution in [0.25, 0.3) is 0 Å². The number of likely N-dealkylation sites (tertiary alicyclic amines) is 1. The van der Waals surface area contributed by atoms with Gasteiger partial charge in [0.15, 0.2) is 0 Å². The second-order valence-corrected chi connectivity index (χ2v) is 7.23. The highest BCUT2D eigenvalue weighted by molar-refractivity contribution is 5.93. The van der Waals surface area contributed by atoms with Crippen LogP contribution in [0.1, 0.15) is 29.5 Å². The van der Waals surface area contributed by atoms with Gasteiger partial charge in [0.05, 0.1) is 6.42 Å². The van der Waals surface area contributed by atoms with E-state index in [4.69, 9.17) is 0 Å². The van der Waals surface area contributed by atoms with Crippen molar-refractivity contribution in [1.29, 1.82) is 0 Å². The lowest BCUT2D eigenvalue weighted by Gasteiger charge is -2.31. The topological polar surface area (TPSA) is 49.4 Å². The minimum Gasteiger partial charge on any atom is -0.342 e. The second kappa shape index (κ2) is 8.33. The Bertz CT molecular complexity index is 842. The number of carbonyl (C=O) groups is 2. The van der Waals surface area contributed by atoms with E-state index >= 15 is 0 Å². The molecule has 4 nitrogen and oxygen atoms in total. The van der Waals surface area contributed by atoms with Gasteiger partial charge in [-0.25, -0.2) is 4.39 Å². The molecule has 1 heterocycles. The summed E-state index contributed by atoms with van der Waals surface area (Å²) in [7, 11) is 0. The van der Waals surface area contributed by atoms with E-state index in [0.717, 1.165) is 16.8 Å². The summed E-state index contributed by atoms with van der Waals surface area (Å²) in [5.74, 6) is -0.548. The maximum Gasteiger partial charge on any atom is 0.227 e. The van der Waals surface area contributed by atoms with Crippen molar-refractivity contribution in [2.45, 2.75) is 33.1 Å². The molecule has 0 atom stereocenters. The Morgan fingerprint density at radius 3 is 2.48 bits per heavy atom. The summed E-state index contributed by atoms with van der Waals surface area (Å²) in [5.41, 5.74) is 3.45. The van der Waals surface area contributed by atoms with Crippen molar-refractivity contribution in [1.82, 2.24) is 4.90 Å². The van der Waals surface area contributed by atoms with E-state index < -0.39 is 0 Å². The number of aryl methyl sites for hydroxylation is 2. The standard InChI is InChI=1S/C22H25FN2O2/c1-15-7-8-20(16(2)13-15)24-22(27)17-9-11-25(12-10-17)21(26)14-18-5-3-4-6-19(18)23/h3-8,13,17H,9-12,14H2,1-2H3,(H,24,27). The molecule has 0 unspecified atom stereocenters. The quantitative estimate of drug-likeness (QED) is 0.891. The largest absolute Gasteiger partial charge is 0.342 e. The number of nitrogens with one attached hydrogen (secondary N) is 1. The molecular weight excluding hydrogens is 343 g/mol. The second-order valence-electron chi connectivity index (χ2n) is 7.23. The first-order chi connectivity index (χ1) is 12.9. The van der Waals surface area contributed by atoms with Gasteiger partial charge in [0.1, 0.15) is 5.82 Å². The summed E-state index contributed by atoms with van der Waals surface area (Å²) in [6, 6.07) is 12.3. The molecule has 2 amide bonds. The highest BCUT2D eigenvalue weighted by atomic mass is 19.1. The van der Waals surface area contributed by atoms with Crippen molar-refractivity contribution in [3.05, 3.63) is 65.0 Å². The number of hydrogen-bond donors (Lipinski definition) is 1. The molecule has 2 aromatic rings. The van der Waals surface area contributed by atoms with Gasteiger partial charge in [0.2, 0.25) is 11.8 Å². The van der Waals surface area contributed by atoms with E-state index in [9.17, 15) is 14.0 Å². The van der Waals surface area contributed by atoms with Crippen LogP contribution in [0.15, 0.2) is 42.5 Å². The number of carbonyl (C=O) groups excluding carboxylic acids is 2. The summed E-state index contributed by atoms with van der Waals surface area (Å²) < 4.78 is 13.7. The number of rotatable bonds is 4. The SMILES string of the molecule is Cc1ccc(NC(=O)C2CCN(C(=O)Cc3ccccc3F)CC2)c(C)c1. The lowest BCUT2D eigenvalue weighted by atomic mass is 9.95. The Morgan fingerprint density at radius 1 is 1.11 bits per heavy atom. The summed E-state index contributed by atoms with van der Waals surface area (Å²) >= 11 is 0. The van der Waals surface area contributed by atoms with Gasteiger partial charge in [-0.2, -0.15) is 0 Å². The van der Waals surface area contributed by atoms with Gasteiger partial charge in [0.25, 0.3) is 0 Å². The normalized spacial score (nSPS) is 14.9. The summed E-state index contributed by atoms with van der Waals surface area (Å²) in [4.78, 5) is 26.7. The van der Waals surface area contributed by atoms with Gasteiger partial charge in [-0.3, -0.25) is 9.59 Å². The zero-order valence-electron chi connectivity index (χ0n) is 15.8. The number of benzene rings is 2. The summed E-state index contributed by atoms with van der Waals surface area (Å²) in [5, 5.41) is 3.01. The highest BCUT2D eigenvalue weighted by Crippen LogP contribution is 2.22. The molecule has 5 heteroatoms. The molecule has 1 aliphatic heterocycles. The van der Waals surface area contributed by atoms with Gasteiger partial charge in [-0.05, 0) is 49.9 Å². The number of hydrogen-bond acceptors (Lipinski definition) is 2. The number of piperidine rings is 1. The third-order valence-electron chi connectivity index (χ3n) is 5.16. The van der Waals surface area contributed by atoms with Crippen LogP contribution >= 0.6 is 0 Å². The van der Waals surface area contributed by atoms with Crippen LogP contribution in [0.5, 0.6) is 0 Å². The third-order valence-corrected chi connectivity index (χ3v) is 5.16. The molecule has 0 radical (unpaired) electrons. The van der Waals surface area contributed by atoms with Crippen LogP contribution in [0.4, 0.5) is 10.1 Å². The van der Waals surface area contributed by atoms with E-state index in [-0.39, 0.29) is 30.0 Å². The fourth-order valence-electron chi connectivity index (χ4n) is 3.50. The van der Waals surface area contributed by atoms with Crippen LogP contribution in [0, 0.1) is 25.6 Å². The predicted molar refractivity (Wildman–Crippen MR) is 104 cm³/mol. The number of amides is 2. The zero-order valence-corrected chi connectivity index (χ0v) is 15.8. The molecule has 0 aromatic heterocycles. The molecule has 0 spiro atoms. The lowest BCUT2D eigenvalue weighted by molar-refractivity contribution is -0.133. The molecule has 142 valence electrons. The molecule has 2 aromatic carbocycles. The molecular formula is C22H25FN2O2. The summed E-state index contributed by atoms with van der Waals surface area (Å²) in [6.45, 7) is 5.05. The van der Waals surface area contributed by atoms with E-state index in [1.807, 2.05) is 32.0 Å². The van der Waals surface area contributed by atoms with Gasteiger partial charge in [-0.15, -0.1) is 0 Å². The molecule has 0 bridgehead atoms. The predicted octanol–water partition coefficient (Wildman–Crippen LogP) is 3.86. The maximum atomic E-state index is 13.7. The maximum absolute atomic E-state index is 13.7. The molecule has 0 saturated carbocycles. The van der Waals surface area contributed by atoms with E-state index in [1.165, 1.54) is 6.07 Å². The smallest absolute Gasteiger partial charge is 0.227 e. The molecule has 1 fully saturated rings. The Balaban J connectivity index is 1.53. The van der Waals surface area contributed by atoms with Crippen molar-refractivity contribution >= 4 is 17.5 Å². The van der Waals surface area contributed by atoms with Crippen molar-refractivity contribution in [2.24, 2.45) is 5.92 Å². The minimum absolute atomic E-state index is 0.00292. The summed E-state index contributed by atoms with van der Waals surface area (Å²) in [6.07, 6.45) is 1.31. The number of halogens is 1. The van der Waals surface area contributed by atoms with Crippen LogP contribution in [-0.4, -0.2) is 29.8 Å². The van der Waals surface area contributed by atoms with Crippen molar-refractivity contribution in [2.75, 3.05) is 18.4 Å². The molecule has 27 heavy (non-hydrogen) atoms. The lowest BCUT2D eigenvalue weighted by Crippen LogP contribution is -2.42. The van der Waals surface area contributed by atoms with Crippen molar-refractivity contribution in [3.63, 3.8) is 0 Å². The fourth-order valence-corrected chi connectivity index (χ4v) is 3.50. The van der Waals surface area contributed by atoms with Crippen LogP contribution in [0.2, 0.25) is 0 Å². The highest BCUT2D eigenvalue weighted by Gasteiger charge is 2.27. The molecule has 1 N–H and O–H groups in total. The van der Waals surface area contributed by atoms with E-state index in [0.29, 0.717) is 31.5 Å². The first kappa shape index (κ1) is 19.1. The first-order valence-electron chi connectivity index (χ1n) is 9.33. The van der Waals surface area contributed by atoms with Crippen LogP contribution in [0.3, 0.4) is 0 Å². The van der Waals surface area contributed by atoms with Crippen LogP contribution in [-0.2, 0) is 16.0 Å². The molecule has 0 aliphatic carbocycles. The van der Waals surface area contributed by atoms with Crippen LogP contribution < -0.4 is 5.32 Å². The van der Waals surface area contributed by atoms with E-state index in [1.54, 1.807) is 23.1 Å². The average molecular weight is 368 g/mol. The Hall–Kier alpha value is -2.69. The molecule has 3 rings (SSSR count). The Morgan fingerprint density at radius 2 is 1.81 bits per heavy atom. The number of anilines is 1. The van der Waals surface area contributed by atoms with Gasteiger partial charge in [-0.1, -0.05) is 35.9 Å².